The fourth-order valence-electron chi connectivity index (χ4n) is 3.32. The van der Waals surface area contributed by atoms with Gasteiger partial charge in [-0.15, -0.1) is 0 Å². The van der Waals surface area contributed by atoms with Crippen molar-refractivity contribution in [1.29, 1.82) is 0 Å². The third-order valence-electron chi connectivity index (χ3n) is 4.94. The molecule has 2 aromatic carbocycles. The molecule has 0 bridgehead atoms. The number of hydrogen-bond acceptors (Lipinski definition) is 8. The number of anilines is 4. The molecule has 0 fully saturated rings. The minimum absolute atomic E-state index is 0.172. The second-order valence-electron chi connectivity index (χ2n) is 9.11. The topological polar surface area (TPSA) is 146 Å². The van der Waals surface area contributed by atoms with Crippen molar-refractivity contribution >= 4 is 57.6 Å². The molecule has 5 N–H and O–H groups in total. The van der Waals surface area contributed by atoms with E-state index in [9.17, 15) is 9.59 Å². The number of ether oxygens (including phenoxy) is 1. The predicted octanol–water partition coefficient (Wildman–Crippen LogP) is 4.63. The summed E-state index contributed by atoms with van der Waals surface area (Å²) in [6, 6.07) is 14.8. The average molecular weight is 523 g/mol. The highest BCUT2D eigenvalue weighted by atomic mass is 35.5. The number of nitrogens with one attached hydrogen (secondary N) is 5. The van der Waals surface area contributed by atoms with Crippen molar-refractivity contribution < 1.29 is 14.3 Å². The van der Waals surface area contributed by atoms with Gasteiger partial charge in [-0.3, -0.25) is 9.89 Å². The van der Waals surface area contributed by atoms with E-state index in [-0.39, 0.29) is 12.5 Å². The smallest absolute Gasteiger partial charge is 0.408 e. The van der Waals surface area contributed by atoms with Crippen molar-refractivity contribution in [3.05, 3.63) is 65.4 Å². The summed E-state index contributed by atoms with van der Waals surface area (Å²) in [6.45, 7) is 5.40. The van der Waals surface area contributed by atoms with Gasteiger partial charge in [0.15, 0.2) is 11.5 Å². The van der Waals surface area contributed by atoms with Gasteiger partial charge in [-0.2, -0.15) is 5.10 Å². The molecule has 12 heteroatoms. The summed E-state index contributed by atoms with van der Waals surface area (Å²) < 4.78 is 5.11. The van der Waals surface area contributed by atoms with Crippen LogP contribution in [0.5, 0.6) is 0 Å². The lowest BCUT2D eigenvalue weighted by Crippen LogP contribution is -2.39. The maximum atomic E-state index is 12.0. The SMILES string of the molecule is CC(C)(C)OC(=O)NCC(=O)NCc1ccc(Nc2n[nH]c3ncnc(Nc4cccc(Cl)c4)c23)cc1. The summed E-state index contributed by atoms with van der Waals surface area (Å²) in [5.41, 5.74) is 2.40. The number of nitrogens with zero attached hydrogens (tertiary/aromatic N) is 3. The van der Waals surface area contributed by atoms with Crippen molar-refractivity contribution in [2.45, 2.75) is 32.9 Å². The van der Waals surface area contributed by atoms with E-state index in [4.69, 9.17) is 16.3 Å². The number of aromatic amines is 1. The van der Waals surface area contributed by atoms with Crippen LogP contribution in [0.15, 0.2) is 54.9 Å². The fourth-order valence-corrected chi connectivity index (χ4v) is 3.51. The minimum Gasteiger partial charge on any atom is -0.444 e. The van der Waals surface area contributed by atoms with E-state index in [1.54, 1.807) is 32.9 Å². The summed E-state index contributed by atoms with van der Waals surface area (Å²) >= 11 is 6.10. The Kier molecular flexibility index (Phi) is 7.73. The quantitative estimate of drug-likeness (QED) is 0.225. The first-order valence-electron chi connectivity index (χ1n) is 11.5. The summed E-state index contributed by atoms with van der Waals surface area (Å²) in [6.07, 6.45) is 0.809. The van der Waals surface area contributed by atoms with E-state index < -0.39 is 11.7 Å². The number of alkyl carbamates (subject to hydrolysis) is 1. The molecular formula is C25H27ClN8O3. The van der Waals surface area contributed by atoms with E-state index >= 15 is 0 Å². The Morgan fingerprint density at radius 1 is 0.973 bits per heavy atom. The van der Waals surface area contributed by atoms with Crippen molar-refractivity contribution in [3.63, 3.8) is 0 Å². The molecule has 4 aromatic rings. The predicted molar refractivity (Wildman–Crippen MR) is 142 cm³/mol. The second kappa shape index (κ2) is 11.1. The Bertz CT molecular complexity index is 1400. The molecule has 0 unspecified atom stereocenters. The highest BCUT2D eigenvalue weighted by Gasteiger charge is 2.17. The first-order valence-corrected chi connectivity index (χ1v) is 11.9. The number of carbonyl (C=O) groups excluding carboxylic acids is 2. The number of H-pyrrole nitrogens is 1. The van der Waals surface area contributed by atoms with Gasteiger partial charge in [0.1, 0.15) is 29.7 Å². The first-order chi connectivity index (χ1) is 17.7. The summed E-state index contributed by atoms with van der Waals surface area (Å²) in [5.74, 6) is 0.799. The lowest BCUT2D eigenvalue weighted by molar-refractivity contribution is -0.120. The third-order valence-corrected chi connectivity index (χ3v) is 5.18. The van der Waals surface area contributed by atoms with Crippen molar-refractivity contribution in [3.8, 4) is 0 Å². The molecule has 0 saturated carbocycles. The molecule has 0 radical (unpaired) electrons. The number of fused-ring (bicyclic) bond motifs is 1. The van der Waals surface area contributed by atoms with E-state index in [2.05, 4.69) is 41.4 Å². The molecule has 0 atom stereocenters. The second-order valence-corrected chi connectivity index (χ2v) is 9.54. The van der Waals surface area contributed by atoms with E-state index in [1.807, 2.05) is 36.4 Å². The van der Waals surface area contributed by atoms with Gasteiger partial charge in [0, 0.05) is 22.9 Å². The Morgan fingerprint density at radius 2 is 1.73 bits per heavy atom. The highest BCUT2D eigenvalue weighted by Crippen LogP contribution is 2.30. The largest absolute Gasteiger partial charge is 0.444 e. The maximum Gasteiger partial charge on any atom is 0.408 e. The van der Waals surface area contributed by atoms with Crippen LogP contribution in [0.2, 0.25) is 5.02 Å². The van der Waals surface area contributed by atoms with Crippen LogP contribution in [-0.2, 0) is 16.1 Å². The summed E-state index contributed by atoms with van der Waals surface area (Å²) in [5, 5.41) is 20.3. The average Bonchev–Trinajstić information content (AvgIpc) is 3.25. The highest BCUT2D eigenvalue weighted by molar-refractivity contribution is 6.30. The molecule has 2 heterocycles. The lowest BCUT2D eigenvalue weighted by atomic mass is 10.2. The van der Waals surface area contributed by atoms with Crippen LogP contribution in [0.4, 0.5) is 27.8 Å². The van der Waals surface area contributed by atoms with Crippen LogP contribution in [0.1, 0.15) is 26.3 Å². The maximum absolute atomic E-state index is 12.0. The standard InChI is InChI=1S/C25H27ClN8O3/c1-25(2,3)37-24(36)28-13-19(35)27-12-15-7-9-17(10-8-15)31-23-20-21(29-14-30-22(20)33-34-23)32-18-6-4-5-16(26)11-18/h4-11,14H,12-13H2,1-3H3,(H,27,35)(H,28,36)(H3,29,30,31,32,33,34). The monoisotopic (exact) mass is 522 g/mol. The molecule has 2 aromatic heterocycles. The fraction of sp³-hybridized carbons (Fsp3) is 0.240. The third kappa shape index (κ3) is 7.31. The molecule has 0 aliphatic rings. The molecule has 0 saturated heterocycles. The number of halogens is 1. The van der Waals surface area contributed by atoms with Gasteiger partial charge in [0.25, 0.3) is 0 Å². The number of rotatable bonds is 8. The molecule has 4 rings (SSSR count). The number of aromatic nitrogens is 4. The van der Waals surface area contributed by atoms with Gasteiger partial charge < -0.3 is 26.0 Å². The van der Waals surface area contributed by atoms with Crippen molar-refractivity contribution in [2.75, 3.05) is 17.2 Å². The minimum atomic E-state index is -0.639. The summed E-state index contributed by atoms with van der Waals surface area (Å²) in [4.78, 5) is 32.3. The number of carbonyl (C=O) groups is 2. The van der Waals surface area contributed by atoms with E-state index in [1.165, 1.54) is 6.33 Å². The van der Waals surface area contributed by atoms with E-state index in [0.717, 1.165) is 16.9 Å². The van der Waals surface area contributed by atoms with Gasteiger partial charge in [0.05, 0.1) is 0 Å². The number of benzene rings is 2. The Labute approximate surface area is 218 Å². The van der Waals surface area contributed by atoms with E-state index in [0.29, 0.717) is 34.2 Å². The molecular weight excluding hydrogens is 496 g/mol. The zero-order valence-corrected chi connectivity index (χ0v) is 21.3. The van der Waals surface area contributed by atoms with Gasteiger partial charge in [-0.25, -0.2) is 14.8 Å². The normalized spacial score (nSPS) is 11.1. The number of amides is 2. The Morgan fingerprint density at radius 3 is 2.46 bits per heavy atom. The van der Waals surface area contributed by atoms with Crippen LogP contribution in [0.25, 0.3) is 11.0 Å². The Balaban J connectivity index is 1.36. The number of hydrogen-bond donors (Lipinski definition) is 5. The van der Waals surface area contributed by atoms with Crippen LogP contribution < -0.4 is 21.3 Å². The van der Waals surface area contributed by atoms with Crippen LogP contribution in [0, 0.1) is 0 Å². The molecule has 37 heavy (non-hydrogen) atoms. The van der Waals surface area contributed by atoms with Gasteiger partial charge in [-0.1, -0.05) is 29.8 Å². The molecule has 2 amide bonds. The van der Waals surface area contributed by atoms with Crippen LogP contribution >= 0.6 is 11.6 Å². The summed E-state index contributed by atoms with van der Waals surface area (Å²) in [7, 11) is 0. The molecule has 0 aliphatic carbocycles. The Hall–Kier alpha value is -4.38. The van der Waals surface area contributed by atoms with Gasteiger partial charge in [-0.05, 0) is 56.7 Å². The molecule has 0 spiro atoms. The van der Waals surface area contributed by atoms with Crippen LogP contribution in [0.3, 0.4) is 0 Å². The molecule has 0 aliphatic heterocycles. The lowest BCUT2D eigenvalue weighted by Gasteiger charge is -2.19. The van der Waals surface area contributed by atoms with Crippen molar-refractivity contribution in [2.24, 2.45) is 0 Å². The van der Waals surface area contributed by atoms with Crippen LogP contribution in [-0.4, -0.2) is 44.3 Å². The first kappa shape index (κ1) is 25.7. The van der Waals surface area contributed by atoms with Gasteiger partial charge >= 0.3 is 6.09 Å². The zero-order chi connectivity index (χ0) is 26.4. The molecule has 11 nitrogen and oxygen atoms in total. The molecule has 192 valence electrons. The van der Waals surface area contributed by atoms with Crippen molar-refractivity contribution in [1.82, 2.24) is 30.8 Å². The van der Waals surface area contributed by atoms with Gasteiger partial charge in [0.2, 0.25) is 5.91 Å². The zero-order valence-electron chi connectivity index (χ0n) is 20.6.